The van der Waals surface area contributed by atoms with Gasteiger partial charge in [-0.05, 0) is 6.42 Å². The lowest BCUT2D eigenvalue weighted by Gasteiger charge is -2.26. The molecule has 72 valence electrons. The second-order valence-corrected chi connectivity index (χ2v) is 4.39. The standard InChI is InChI=1S/C9H15N3S/c1-2-5-12-9(3-4-10-12)11-8-6-13-7-8/h3-4,8,11H,2,5-7H2,1H3. The Morgan fingerprint density at radius 3 is 3.15 bits per heavy atom. The summed E-state index contributed by atoms with van der Waals surface area (Å²) in [5, 5.41) is 7.76. The van der Waals surface area contributed by atoms with Crippen LogP contribution < -0.4 is 5.32 Å². The molecule has 0 bridgehead atoms. The summed E-state index contributed by atoms with van der Waals surface area (Å²) in [6.45, 7) is 3.18. The molecule has 1 aliphatic rings. The zero-order chi connectivity index (χ0) is 9.10. The van der Waals surface area contributed by atoms with Crippen molar-refractivity contribution >= 4 is 17.6 Å². The summed E-state index contributed by atoms with van der Waals surface area (Å²) in [6, 6.07) is 2.72. The fourth-order valence-corrected chi connectivity index (χ4v) is 2.01. The first-order valence-corrected chi connectivity index (χ1v) is 5.91. The van der Waals surface area contributed by atoms with E-state index in [1.54, 1.807) is 0 Å². The SMILES string of the molecule is CCCn1nccc1NC1CSC1. The van der Waals surface area contributed by atoms with Gasteiger partial charge < -0.3 is 5.32 Å². The van der Waals surface area contributed by atoms with Crippen molar-refractivity contribution in [1.29, 1.82) is 0 Å². The van der Waals surface area contributed by atoms with E-state index in [-0.39, 0.29) is 0 Å². The fourth-order valence-electron chi connectivity index (χ4n) is 1.37. The smallest absolute Gasteiger partial charge is 0.124 e. The molecule has 1 saturated heterocycles. The molecule has 0 atom stereocenters. The Morgan fingerprint density at radius 1 is 1.69 bits per heavy atom. The van der Waals surface area contributed by atoms with Crippen molar-refractivity contribution in [1.82, 2.24) is 9.78 Å². The van der Waals surface area contributed by atoms with Crippen LogP contribution >= 0.6 is 11.8 Å². The van der Waals surface area contributed by atoms with Gasteiger partial charge in [-0.1, -0.05) is 6.92 Å². The van der Waals surface area contributed by atoms with E-state index in [0.717, 1.165) is 13.0 Å². The lowest BCUT2D eigenvalue weighted by Crippen LogP contribution is -2.34. The van der Waals surface area contributed by atoms with E-state index >= 15 is 0 Å². The van der Waals surface area contributed by atoms with Gasteiger partial charge in [-0.15, -0.1) is 0 Å². The molecule has 0 aromatic carbocycles. The van der Waals surface area contributed by atoms with Gasteiger partial charge >= 0.3 is 0 Å². The Morgan fingerprint density at radius 2 is 2.54 bits per heavy atom. The third-order valence-electron chi connectivity index (χ3n) is 2.14. The first-order valence-electron chi connectivity index (χ1n) is 4.76. The average Bonchev–Trinajstić information content (AvgIpc) is 2.46. The number of aryl methyl sites for hydroxylation is 1. The molecule has 1 aliphatic heterocycles. The third kappa shape index (κ3) is 1.99. The number of hydrogen-bond acceptors (Lipinski definition) is 3. The van der Waals surface area contributed by atoms with Crippen molar-refractivity contribution in [2.24, 2.45) is 0 Å². The minimum Gasteiger partial charge on any atom is -0.366 e. The van der Waals surface area contributed by atoms with Gasteiger partial charge in [-0.3, -0.25) is 0 Å². The Bertz CT molecular complexity index is 268. The fraction of sp³-hybridized carbons (Fsp3) is 0.667. The van der Waals surface area contributed by atoms with Gasteiger partial charge in [0.05, 0.1) is 6.20 Å². The van der Waals surface area contributed by atoms with Crippen LogP contribution in [0.5, 0.6) is 0 Å². The zero-order valence-electron chi connectivity index (χ0n) is 7.86. The minimum absolute atomic E-state index is 0.664. The molecule has 0 spiro atoms. The highest BCUT2D eigenvalue weighted by atomic mass is 32.2. The topological polar surface area (TPSA) is 29.9 Å². The Kier molecular flexibility index (Phi) is 2.78. The van der Waals surface area contributed by atoms with Crippen molar-refractivity contribution < 1.29 is 0 Å². The number of rotatable bonds is 4. The lowest BCUT2D eigenvalue weighted by molar-refractivity contribution is 0.604. The highest BCUT2D eigenvalue weighted by molar-refractivity contribution is 8.00. The number of anilines is 1. The highest BCUT2D eigenvalue weighted by Gasteiger charge is 2.18. The molecule has 1 N–H and O–H groups in total. The van der Waals surface area contributed by atoms with Crippen molar-refractivity contribution in [3.8, 4) is 0 Å². The molecule has 4 heteroatoms. The van der Waals surface area contributed by atoms with Crippen molar-refractivity contribution in [3.63, 3.8) is 0 Å². The van der Waals surface area contributed by atoms with Crippen LogP contribution in [0.25, 0.3) is 0 Å². The predicted octanol–water partition coefficient (Wildman–Crippen LogP) is 1.82. The van der Waals surface area contributed by atoms with Gasteiger partial charge in [0.25, 0.3) is 0 Å². The molecule has 2 rings (SSSR count). The van der Waals surface area contributed by atoms with Gasteiger partial charge in [0.1, 0.15) is 5.82 Å². The van der Waals surface area contributed by atoms with Crippen LogP contribution in [0.3, 0.4) is 0 Å². The lowest BCUT2D eigenvalue weighted by atomic mass is 10.3. The van der Waals surface area contributed by atoms with E-state index in [9.17, 15) is 0 Å². The summed E-state index contributed by atoms with van der Waals surface area (Å²) in [5.41, 5.74) is 0. The van der Waals surface area contributed by atoms with E-state index in [1.807, 2.05) is 22.6 Å². The van der Waals surface area contributed by atoms with Crippen LogP contribution in [0.2, 0.25) is 0 Å². The molecule has 0 amide bonds. The van der Waals surface area contributed by atoms with Gasteiger partial charge in [-0.2, -0.15) is 16.9 Å². The van der Waals surface area contributed by atoms with E-state index in [1.165, 1.54) is 17.3 Å². The van der Waals surface area contributed by atoms with E-state index in [4.69, 9.17) is 0 Å². The minimum atomic E-state index is 0.664. The van der Waals surface area contributed by atoms with Crippen LogP contribution in [0.1, 0.15) is 13.3 Å². The summed E-state index contributed by atoms with van der Waals surface area (Å²) in [5.74, 6) is 3.64. The van der Waals surface area contributed by atoms with Crippen molar-refractivity contribution in [2.75, 3.05) is 16.8 Å². The largest absolute Gasteiger partial charge is 0.366 e. The van der Waals surface area contributed by atoms with Gasteiger partial charge in [-0.25, -0.2) is 4.68 Å². The van der Waals surface area contributed by atoms with Crippen LogP contribution in [-0.2, 0) is 6.54 Å². The first-order chi connectivity index (χ1) is 6.40. The number of nitrogens with zero attached hydrogens (tertiary/aromatic N) is 2. The molecule has 2 heterocycles. The highest BCUT2D eigenvalue weighted by Crippen LogP contribution is 2.21. The first kappa shape index (κ1) is 8.94. The van der Waals surface area contributed by atoms with Gasteiger partial charge in [0.2, 0.25) is 0 Å². The zero-order valence-corrected chi connectivity index (χ0v) is 8.68. The number of aromatic nitrogens is 2. The molecule has 0 unspecified atom stereocenters. The van der Waals surface area contributed by atoms with E-state index < -0.39 is 0 Å². The van der Waals surface area contributed by atoms with Gasteiger partial charge in [0, 0.05) is 30.2 Å². The molecule has 0 saturated carbocycles. The molecule has 1 fully saturated rings. The van der Waals surface area contributed by atoms with E-state index in [2.05, 4.69) is 23.4 Å². The Labute approximate surface area is 82.9 Å². The summed E-state index contributed by atoms with van der Waals surface area (Å²) in [7, 11) is 0. The Hall–Kier alpha value is -0.640. The maximum absolute atomic E-state index is 4.26. The third-order valence-corrected chi connectivity index (χ3v) is 3.42. The molecule has 1 aromatic rings. The normalized spacial score (nSPS) is 17.0. The molecule has 0 aliphatic carbocycles. The van der Waals surface area contributed by atoms with E-state index in [0.29, 0.717) is 6.04 Å². The second-order valence-electron chi connectivity index (χ2n) is 3.32. The maximum Gasteiger partial charge on any atom is 0.124 e. The number of thioether (sulfide) groups is 1. The van der Waals surface area contributed by atoms with Gasteiger partial charge in [0.15, 0.2) is 0 Å². The quantitative estimate of drug-likeness (QED) is 0.798. The van der Waals surface area contributed by atoms with Crippen LogP contribution in [0, 0.1) is 0 Å². The summed E-state index contributed by atoms with van der Waals surface area (Å²) in [6.07, 6.45) is 3.00. The average molecular weight is 197 g/mol. The van der Waals surface area contributed by atoms with Crippen molar-refractivity contribution in [3.05, 3.63) is 12.3 Å². The molecule has 3 nitrogen and oxygen atoms in total. The molecule has 1 aromatic heterocycles. The Balaban J connectivity index is 1.96. The molecular formula is C9H15N3S. The summed E-state index contributed by atoms with van der Waals surface area (Å²) >= 11 is 1.99. The van der Waals surface area contributed by atoms with Crippen molar-refractivity contribution in [2.45, 2.75) is 25.9 Å². The number of nitrogens with one attached hydrogen (secondary N) is 1. The van der Waals surface area contributed by atoms with Crippen LogP contribution in [-0.4, -0.2) is 27.3 Å². The second kappa shape index (κ2) is 4.05. The maximum atomic E-state index is 4.26. The van der Waals surface area contributed by atoms with Crippen LogP contribution in [0.4, 0.5) is 5.82 Å². The molecular weight excluding hydrogens is 182 g/mol. The predicted molar refractivity (Wildman–Crippen MR) is 57.3 cm³/mol. The molecule has 13 heavy (non-hydrogen) atoms. The van der Waals surface area contributed by atoms with Crippen LogP contribution in [0.15, 0.2) is 12.3 Å². The molecule has 0 radical (unpaired) electrons. The summed E-state index contributed by atoms with van der Waals surface area (Å²) in [4.78, 5) is 0. The number of hydrogen-bond donors (Lipinski definition) is 1. The summed E-state index contributed by atoms with van der Waals surface area (Å²) < 4.78 is 2.04. The monoisotopic (exact) mass is 197 g/mol.